The van der Waals surface area contributed by atoms with Gasteiger partial charge in [-0.25, -0.2) is 15.0 Å². The molecule has 0 radical (unpaired) electrons. The molecule has 266 valence electrons. The van der Waals surface area contributed by atoms with Crippen molar-refractivity contribution in [3.8, 4) is 67.4 Å². The van der Waals surface area contributed by atoms with E-state index in [-0.39, 0.29) is 0 Å². The molecule has 57 heavy (non-hydrogen) atoms. The van der Waals surface area contributed by atoms with Gasteiger partial charge in [-0.3, -0.25) is 0 Å². The lowest BCUT2D eigenvalue weighted by Gasteiger charge is -2.12. The molecule has 0 aliphatic carbocycles. The molecule has 0 aliphatic rings. The third kappa shape index (κ3) is 5.95. The van der Waals surface area contributed by atoms with Gasteiger partial charge >= 0.3 is 0 Å². The van der Waals surface area contributed by atoms with Crippen LogP contribution in [0.25, 0.3) is 109 Å². The van der Waals surface area contributed by atoms with Gasteiger partial charge in [0, 0.05) is 58.6 Å². The van der Waals surface area contributed by atoms with Gasteiger partial charge in [0.2, 0.25) is 0 Å². The van der Waals surface area contributed by atoms with Gasteiger partial charge in [0.1, 0.15) is 0 Å². The van der Waals surface area contributed by atoms with Crippen LogP contribution < -0.4 is 0 Å². The summed E-state index contributed by atoms with van der Waals surface area (Å²) in [6.07, 6.45) is 0. The molecule has 0 fully saturated rings. The molecular weight excluding hydrogens is 711 g/mol. The third-order valence-electron chi connectivity index (χ3n) is 10.9. The summed E-state index contributed by atoms with van der Waals surface area (Å²) in [6, 6.07) is 70.7. The molecule has 0 aliphatic heterocycles. The number of hydrogen-bond acceptors (Lipinski definition) is 4. The molecule has 0 atom stereocenters. The summed E-state index contributed by atoms with van der Waals surface area (Å²) in [5, 5.41) is 6.26. The predicted molar refractivity (Wildman–Crippen MR) is 240 cm³/mol. The highest BCUT2D eigenvalue weighted by Crippen LogP contribution is 2.43. The van der Waals surface area contributed by atoms with Gasteiger partial charge in [0.15, 0.2) is 5.82 Å². The Balaban J connectivity index is 0.942. The lowest BCUT2D eigenvalue weighted by atomic mass is 9.96. The van der Waals surface area contributed by atoms with Crippen molar-refractivity contribution in [2.45, 2.75) is 0 Å². The molecule has 3 nitrogen and oxygen atoms in total. The van der Waals surface area contributed by atoms with E-state index in [4.69, 9.17) is 15.0 Å². The molecule has 0 amide bonds. The van der Waals surface area contributed by atoms with Crippen LogP contribution in [0.4, 0.5) is 0 Å². The van der Waals surface area contributed by atoms with Crippen LogP contribution in [0, 0.1) is 0 Å². The van der Waals surface area contributed by atoms with Crippen LogP contribution in [0.1, 0.15) is 0 Å². The highest BCUT2D eigenvalue weighted by molar-refractivity contribution is 7.26. The van der Waals surface area contributed by atoms with Gasteiger partial charge in [0.05, 0.1) is 22.6 Å². The Morgan fingerprint density at radius 3 is 1.42 bits per heavy atom. The van der Waals surface area contributed by atoms with Crippen molar-refractivity contribution in [1.29, 1.82) is 0 Å². The van der Waals surface area contributed by atoms with Crippen LogP contribution in [-0.2, 0) is 0 Å². The number of benzene rings is 8. The smallest absolute Gasteiger partial charge is 0.160 e. The molecular formula is C53H33N3S. The maximum Gasteiger partial charge on any atom is 0.160 e. The minimum Gasteiger partial charge on any atom is -0.247 e. The van der Waals surface area contributed by atoms with Crippen molar-refractivity contribution in [2.75, 3.05) is 0 Å². The number of fused-ring (bicyclic) bond motifs is 7. The molecule has 3 heterocycles. The molecule has 0 saturated heterocycles. The summed E-state index contributed by atoms with van der Waals surface area (Å²) >= 11 is 1.87. The van der Waals surface area contributed by atoms with Crippen molar-refractivity contribution < 1.29 is 0 Å². The zero-order chi connectivity index (χ0) is 37.7. The molecule has 11 aromatic rings. The number of aromatic nitrogens is 3. The van der Waals surface area contributed by atoms with Gasteiger partial charge in [-0.15, -0.1) is 11.3 Å². The summed E-state index contributed by atoms with van der Waals surface area (Å²) in [5.41, 5.74) is 12.6. The van der Waals surface area contributed by atoms with Crippen molar-refractivity contribution in [2.24, 2.45) is 0 Å². The zero-order valence-electron chi connectivity index (χ0n) is 30.8. The van der Waals surface area contributed by atoms with Crippen LogP contribution in [-0.4, -0.2) is 15.0 Å². The van der Waals surface area contributed by atoms with E-state index in [1.54, 1.807) is 0 Å². The average molecular weight is 744 g/mol. The first kappa shape index (κ1) is 33.1. The van der Waals surface area contributed by atoms with Gasteiger partial charge in [0.25, 0.3) is 0 Å². The van der Waals surface area contributed by atoms with Gasteiger partial charge < -0.3 is 0 Å². The van der Waals surface area contributed by atoms with E-state index in [1.165, 1.54) is 47.5 Å². The van der Waals surface area contributed by atoms with Crippen molar-refractivity contribution >= 4 is 53.2 Å². The second-order valence-corrected chi connectivity index (χ2v) is 15.4. The number of thiophene rings is 1. The average Bonchev–Trinajstić information content (AvgIpc) is 3.68. The summed E-state index contributed by atoms with van der Waals surface area (Å²) in [6.45, 7) is 0. The van der Waals surface area contributed by atoms with E-state index in [0.717, 1.165) is 56.0 Å². The highest BCUT2D eigenvalue weighted by Gasteiger charge is 2.17. The topological polar surface area (TPSA) is 38.7 Å². The van der Waals surface area contributed by atoms with Crippen LogP contribution >= 0.6 is 11.3 Å². The Hall–Kier alpha value is -7.27. The summed E-state index contributed by atoms with van der Waals surface area (Å²) in [4.78, 5) is 15.4. The van der Waals surface area contributed by atoms with E-state index in [9.17, 15) is 0 Å². The Kier molecular flexibility index (Phi) is 8.01. The second-order valence-electron chi connectivity index (χ2n) is 14.4. The van der Waals surface area contributed by atoms with Crippen LogP contribution in [0.3, 0.4) is 0 Å². The number of para-hydroxylation sites is 1. The molecule has 0 spiro atoms. The Morgan fingerprint density at radius 2 is 0.789 bits per heavy atom. The normalized spacial score (nSPS) is 11.5. The van der Waals surface area contributed by atoms with Crippen LogP contribution in [0.5, 0.6) is 0 Å². The molecule has 11 rings (SSSR count). The highest BCUT2D eigenvalue weighted by atomic mass is 32.1. The van der Waals surface area contributed by atoms with Crippen LogP contribution in [0.2, 0.25) is 0 Å². The monoisotopic (exact) mass is 743 g/mol. The Labute approximate surface area is 334 Å². The van der Waals surface area contributed by atoms with E-state index < -0.39 is 0 Å². The lowest BCUT2D eigenvalue weighted by molar-refractivity contribution is 1.18. The maximum absolute atomic E-state index is 5.25. The molecule has 4 heteroatoms. The molecule has 3 aromatic heterocycles. The largest absolute Gasteiger partial charge is 0.247 e. The maximum atomic E-state index is 5.25. The molecule has 0 bridgehead atoms. The minimum absolute atomic E-state index is 0.706. The van der Waals surface area contributed by atoms with Crippen molar-refractivity contribution in [3.05, 3.63) is 200 Å². The number of nitrogens with zero attached hydrogens (tertiary/aromatic N) is 3. The fraction of sp³-hybridized carbons (Fsp3) is 0. The summed E-state index contributed by atoms with van der Waals surface area (Å²) in [5.74, 6) is 0.706. The number of pyridine rings is 1. The Bertz CT molecular complexity index is 3240. The SMILES string of the molecule is c1ccc(-c2ccc(-c3cc(-c4ccc(-c5ccc(-c6nc7ccccc7c7c6ccc6c8ccccc8sc67)cc5)cc4)nc(-c4ccccc4)n3)cc2)cc1. The predicted octanol–water partition coefficient (Wildman–Crippen LogP) is 14.5. The van der Waals surface area contributed by atoms with Crippen LogP contribution in [0.15, 0.2) is 200 Å². The van der Waals surface area contributed by atoms with E-state index in [0.29, 0.717) is 5.82 Å². The first-order chi connectivity index (χ1) is 28.2. The van der Waals surface area contributed by atoms with E-state index in [2.05, 4.69) is 176 Å². The molecule has 8 aromatic carbocycles. The second kappa shape index (κ2) is 13.8. The fourth-order valence-corrected chi connectivity index (χ4v) is 9.28. The van der Waals surface area contributed by atoms with Gasteiger partial charge in [-0.2, -0.15) is 0 Å². The standard InChI is InChI=1S/C53H33N3S/c1-3-11-34(12-4-1)35-19-25-38(26-20-35)47-33-48(56-53(55-47)41-13-5-2-6-14-41)39-27-21-36(22-28-39)37-23-29-40(30-24-37)51-45-32-31-43-42-15-8-10-18-49(42)57-52(43)50(45)44-16-7-9-17-46(44)54-51/h1-33H. The third-order valence-corrected chi connectivity index (χ3v) is 12.1. The molecule has 0 N–H and O–H groups in total. The van der Waals surface area contributed by atoms with E-state index in [1.807, 2.05) is 35.6 Å². The van der Waals surface area contributed by atoms with Crippen molar-refractivity contribution in [1.82, 2.24) is 15.0 Å². The molecule has 0 unspecified atom stereocenters. The quantitative estimate of drug-likeness (QED) is 0.159. The fourth-order valence-electron chi connectivity index (χ4n) is 8.01. The van der Waals surface area contributed by atoms with Gasteiger partial charge in [-0.1, -0.05) is 182 Å². The number of rotatable bonds is 6. The zero-order valence-corrected chi connectivity index (χ0v) is 31.6. The van der Waals surface area contributed by atoms with Crippen molar-refractivity contribution in [3.63, 3.8) is 0 Å². The first-order valence-corrected chi connectivity index (χ1v) is 20.0. The minimum atomic E-state index is 0.706. The Morgan fingerprint density at radius 1 is 0.316 bits per heavy atom. The summed E-state index contributed by atoms with van der Waals surface area (Å²) in [7, 11) is 0. The first-order valence-electron chi connectivity index (χ1n) is 19.2. The van der Waals surface area contributed by atoms with E-state index >= 15 is 0 Å². The lowest BCUT2D eigenvalue weighted by Crippen LogP contribution is -1.96. The number of hydrogen-bond donors (Lipinski definition) is 0. The summed E-state index contributed by atoms with van der Waals surface area (Å²) < 4.78 is 2.63. The van der Waals surface area contributed by atoms with Gasteiger partial charge in [-0.05, 0) is 40.5 Å². The molecule has 0 saturated carbocycles.